The highest BCUT2D eigenvalue weighted by Gasteiger charge is 2.23. The largest absolute Gasteiger partial charge is 0.495 e. The maximum Gasteiger partial charge on any atom is 0.142 e. The van der Waals surface area contributed by atoms with E-state index in [1.807, 2.05) is 12.1 Å². The molecule has 76 valence electrons. The van der Waals surface area contributed by atoms with Gasteiger partial charge in [-0.1, -0.05) is 11.6 Å². The molecule has 1 atom stereocenters. The highest BCUT2D eigenvalue weighted by Crippen LogP contribution is 2.43. The van der Waals surface area contributed by atoms with E-state index in [0.717, 1.165) is 30.0 Å². The van der Waals surface area contributed by atoms with Crippen molar-refractivity contribution in [1.82, 2.24) is 0 Å². The number of methoxy groups -OCH3 is 1. The average molecular weight is 232 g/mol. The Morgan fingerprint density at radius 1 is 1.50 bits per heavy atom. The number of ether oxygens (including phenoxy) is 1. The molecule has 0 radical (unpaired) electrons. The van der Waals surface area contributed by atoms with Crippen molar-refractivity contribution in [3.8, 4) is 5.75 Å². The first-order valence-corrected chi connectivity index (χ1v) is 5.30. The fourth-order valence-corrected chi connectivity index (χ4v) is 2.38. The maximum atomic E-state index is 6.20. The second-order valence-corrected chi connectivity index (χ2v) is 4.16. The van der Waals surface area contributed by atoms with Crippen LogP contribution in [0, 0.1) is 0 Å². The molecule has 14 heavy (non-hydrogen) atoms. The highest BCUT2D eigenvalue weighted by atomic mass is 35.5. The summed E-state index contributed by atoms with van der Waals surface area (Å²) in [7, 11) is 1.64. The summed E-state index contributed by atoms with van der Waals surface area (Å²) in [6, 6.07) is 3.67. The van der Waals surface area contributed by atoms with Crippen LogP contribution in [-0.4, -0.2) is 13.7 Å². The van der Waals surface area contributed by atoms with Crippen molar-refractivity contribution in [1.29, 1.82) is 0 Å². The van der Waals surface area contributed by atoms with E-state index in [0.29, 0.717) is 5.02 Å². The first kappa shape index (κ1) is 9.94. The molecular formula is C10H11Cl2NO. The van der Waals surface area contributed by atoms with E-state index in [9.17, 15) is 0 Å². The second-order valence-electron chi connectivity index (χ2n) is 3.22. The molecule has 0 aliphatic carbocycles. The van der Waals surface area contributed by atoms with Gasteiger partial charge in [0.05, 0.1) is 18.2 Å². The quantitative estimate of drug-likeness (QED) is 0.749. The fourth-order valence-electron chi connectivity index (χ4n) is 1.70. The van der Waals surface area contributed by atoms with Crippen LogP contribution in [0.15, 0.2) is 12.1 Å². The molecule has 1 aromatic carbocycles. The van der Waals surface area contributed by atoms with Crippen LogP contribution in [0.1, 0.15) is 17.4 Å². The van der Waals surface area contributed by atoms with Gasteiger partial charge in [0.25, 0.3) is 0 Å². The summed E-state index contributed by atoms with van der Waals surface area (Å²) in [5.74, 6) is 0.801. The van der Waals surface area contributed by atoms with Crippen LogP contribution < -0.4 is 10.1 Å². The number of anilines is 1. The lowest BCUT2D eigenvalue weighted by molar-refractivity contribution is 0.415. The Labute approximate surface area is 93.2 Å². The number of nitrogens with one attached hydrogen (secondary N) is 1. The molecule has 4 heteroatoms. The Kier molecular flexibility index (Phi) is 2.75. The molecule has 0 spiro atoms. The van der Waals surface area contributed by atoms with Crippen LogP contribution in [0.2, 0.25) is 5.02 Å². The van der Waals surface area contributed by atoms with E-state index in [2.05, 4.69) is 5.32 Å². The standard InChI is InChI=1S/C10H11Cl2NO/c1-14-8-3-2-6(11)9-7(12)4-5-13-10(8)9/h2-3,7,13H,4-5H2,1H3. The molecule has 1 N–H and O–H groups in total. The Hall–Kier alpha value is -0.600. The van der Waals surface area contributed by atoms with Gasteiger partial charge in [-0.3, -0.25) is 0 Å². The predicted molar refractivity (Wildman–Crippen MR) is 59.7 cm³/mol. The second kappa shape index (κ2) is 3.87. The third kappa shape index (κ3) is 1.53. The number of halogens is 2. The van der Waals surface area contributed by atoms with E-state index in [-0.39, 0.29) is 5.38 Å². The van der Waals surface area contributed by atoms with E-state index in [1.165, 1.54) is 0 Å². The smallest absolute Gasteiger partial charge is 0.142 e. The lowest BCUT2D eigenvalue weighted by Crippen LogP contribution is -2.15. The molecule has 0 fully saturated rings. The van der Waals surface area contributed by atoms with Crippen LogP contribution >= 0.6 is 23.2 Å². The highest BCUT2D eigenvalue weighted by molar-refractivity contribution is 6.33. The molecule has 0 amide bonds. The maximum absolute atomic E-state index is 6.20. The number of benzene rings is 1. The minimum absolute atomic E-state index is 0.0196. The number of fused-ring (bicyclic) bond motifs is 1. The Morgan fingerprint density at radius 3 is 3.00 bits per heavy atom. The summed E-state index contributed by atoms with van der Waals surface area (Å²) in [6.45, 7) is 0.859. The van der Waals surface area contributed by atoms with E-state index >= 15 is 0 Å². The Morgan fingerprint density at radius 2 is 2.29 bits per heavy atom. The lowest BCUT2D eigenvalue weighted by atomic mass is 10.0. The van der Waals surface area contributed by atoms with Gasteiger partial charge in [-0.2, -0.15) is 0 Å². The van der Waals surface area contributed by atoms with Gasteiger partial charge in [-0.25, -0.2) is 0 Å². The Bertz CT molecular complexity index is 354. The SMILES string of the molecule is COc1ccc(Cl)c2c1NCCC2Cl. The van der Waals surface area contributed by atoms with Crippen molar-refractivity contribution in [2.45, 2.75) is 11.8 Å². The van der Waals surface area contributed by atoms with Crippen LogP contribution in [0.3, 0.4) is 0 Å². The van der Waals surface area contributed by atoms with Gasteiger partial charge in [0.2, 0.25) is 0 Å². The van der Waals surface area contributed by atoms with Gasteiger partial charge >= 0.3 is 0 Å². The molecule has 0 saturated heterocycles. The van der Waals surface area contributed by atoms with E-state index in [4.69, 9.17) is 27.9 Å². The summed E-state index contributed by atoms with van der Waals surface area (Å²) in [5.41, 5.74) is 1.89. The molecule has 1 aliphatic rings. The van der Waals surface area contributed by atoms with Crippen LogP contribution in [-0.2, 0) is 0 Å². The van der Waals surface area contributed by atoms with Gasteiger partial charge in [0.1, 0.15) is 5.75 Å². The first-order chi connectivity index (χ1) is 6.74. The summed E-state index contributed by atoms with van der Waals surface area (Å²) in [6.07, 6.45) is 0.890. The van der Waals surface area contributed by atoms with Crippen molar-refractivity contribution in [3.63, 3.8) is 0 Å². The van der Waals surface area contributed by atoms with Crippen LogP contribution in [0.4, 0.5) is 5.69 Å². The van der Waals surface area contributed by atoms with E-state index < -0.39 is 0 Å². The molecule has 1 aromatic rings. The molecule has 0 bridgehead atoms. The monoisotopic (exact) mass is 231 g/mol. The zero-order valence-electron chi connectivity index (χ0n) is 7.81. The number of hydrogen-bond donors (Lipinski definition) is 1. The minimum atomic E-state index is -0.0196. The molecule has 1 heterocycles. The summed E-state index contributed by atoms with van der Waals surface area (Å²) in [5, 5.41) is 3.94. The molecule has 0 aromatic heterocycles. The lowest BCUT2D eigenvalue weighted by Gasteiger charge is -2.25. The number of rotatable bonds is 1. The fraction of sp³-hybridized carbons (Fsp3) is 0.400. The molecular weight excluding hydrogens is 221 g/mol. The number of hydrogen-bond acceptors (Lipinski definition) is 2. The molecule has 1 aliphatic heterocycles. The summed E-state index contributed by atoms with van der Waals surface area (Å²) < 4.78 is 5.24. The van der Waals surface area contributed by atoms with Gasteiger partial charge < -0.3 is 10.1 Å². The zero-order chi connectivity index (χ0) is 10.1. The molecule has 2 nitrogen and oxygen atoms in total. The number of alkyl halides is 1. The van der Waals surface area contributed by atoms with Gasteiger partial charge in [-0.05, 0) is 18.6 Å². The predicted octanol–water partition coefficient (Wildman–Crippen LogP) is 3.44. The Balaban J connectivity index is 2.57. The summed E-state index contributed by atoms with van der Waals surface area (Å²) in [4.78, 5) is 0. The normalized spacial score (nSPS) is 19.8. The summed E-state index contributed by atoms with van der Waals surface area (Å²) >= 11 is 12.3. The van der Waals surface area contributed by atoms with Crippen molar-refractivity contribution >= 4 is 28.9 Å². The van der Waals surface area contributed by atoms with Crippen LogP contribution in [0.5, 0.6) is 5.75 Å². The third-order valence-corrected chi connectivity index (χ3v) is 3.15. The van der Waals surface area contributed by atoms with Gasteiger partial charge in [-0.15, -0.1) is 11.6 Å². The third-order valence-electron chi connectivity index (χ3n) is 2.39. The van der Waals surface area contributed by atoms with Crippen molar-refractivity contribution < 1.29 is 4.74 Å². The van der Waals surface area contributed by atoms with Gasteiger partial charge in [0.15, 0.2) is 0 Å². The minimum Gasteiger partial charge on any atom is -0.495 e. The van der Waals surface area contributed by atoms with Crippen LogP contribution in [0.25, 0.3) is 0 Å². The average Bonchev–Trinajstić information content (AvgIpc) is 2.18. The van der Waals surface area contributed by atoms with Gasteiger partial charge in [0, 0.05) is 17.1 Å². The van der Waals surface area contributed by atoms with Crippen molar-refractivity contribution in [2.75, 3.05) is 19.0 Å². The van der Waals surface area contributed by atoms with Crippen molar-refractivity contribution in [3.05, 3.63) is 22.7 Å². The topological polar surface area (TPSA) is 21.3 Å². The molecule has 1 unspecified atom stereocenters. The van der Waals surface area contributed by atoms with E-state index in [1.54, 1.807) is 7.11 Å². The van der Waals surface area contributed by atoms with Crippen molar-refractivity contribution in [2.24, 2.45) is 0 Å². The molecule has 2 rings (SSSR count). The zero-order valence-corrected chi connectivity index (χ0v) is 9.32. The first-order valence-electron chi connectivity index (χ1n) is 4.48. The molecule has 0 saturated carbocycles.